The molecular weight excluding hydrogens is 398 g/mol. The van der Waals surface area contributed by atoms with E-state index in [0.717, 1.165) is 42.7 Å². The summed E-state index contributed by atoms with van der Waals surface area (Å²) in [4.78, 5) is 26.0. The van der Waals surface area contributed by atoms with Crippen LogP contribution in [-0.2, 0) is 13.6 Å². The Bertz CT molecular complexity index is 1180. The van der Waals surface area contributed by atoms with Crippen molar-refractivity contribution in [3.8, 4) is 11.8 Å². The summed E-state index contributed by atoms with van der Waals surface area (Å²) in [6.45, 7) is 5.63. The molecule has 4 rings (SSSR count). The van der Waals surface area contributed by atoms with Gasteiger partial charge in [0.2, 0.25) is 11.9 Å². The van der Waals surface area contributed by atoms with Crippen molar-refractivity contribution in [2.45, 2.75) is 18.4 Å². The zero-order valence-electron chi connectivity index (χ0n) is 17.4. The third kappa shape index (κ3) is 3.88. The first-order valence-corrected chi connectivity index (χ1v) is 11.1. The number of piperazine rings is 1. The lowest BCUT2D eigenvalue weighted by atomic mass is 10.3. The molecule has 0 bridgehead atoms. The molecule has 2 N–H and O–H groups in total. The van der Waals surface area contributed by atoms with E-state index in [1.54, 1.807) is 25.7 Å². The van der Waals surface area contributed by atoms with Crippen molar-refractivity contribution in [2.75, 3.05) is 42.7 Å². The van der Waals surface area contributed by atoms with Crippen LogP contribution in [0, 0.1) is 11.8 Å². The molecular formula is C21H25N7OS. The van der Waals surface area contributed by atoms with Crippen molar-refractivity contribution in [1.82, 2.24) is 24.4 Å². The maximum atomic E-state index is 13.3. The second-order valence-electron chi connectivity index (χ2n) is 6.99. The van der Waals surface area contributed by atoms with E-state index in [2.05, 4.69) is 27.4 Å². The largest absolute Gasteiger partial charge is 0.340 e. The van der Waals surface area contributed by atoms with Crippen LogP contribution in [0.5, 0.6) is 0 Å². The van der Waals surface area contributed by atoms with Crippen molar-refractivity contribution in [2.24, 2.45) is 7.05 Å². The molecule has 3 aromatic rings. The average molecular weight is 424 g/mol. The third-order valence-corrected chi connectivity index (χ3v) is 5.83. The molecule has 0 spiro atoms. The fraction of sp³-hybridized carbons (Fsp3) is 0.381. The van der Waals surface area contributed by atoms with Crippen molar-refractivity contribution >= 4 is 40.5 Å². The second kappa shape index (κ2) is 8.81. The Kier molecular flexibility index (Phi) is 5.97. The highest BCUT2D eigenvalue weighted by molar-refractivity contribution is 7.98. The van der Waals surface area contributed by atoms with Gasteiger partial charge in [-0.2, -0.15) is 9.97 Å². The monoisotopic (exact) mass is 423 g/mol. The molecule has 9 heteroatoms. The lowest BCUT2D eigenvalue weighted by molar-refractivity contribution is 0.573. The van der Waals surface area contributed by atoms with Gasteiger partial charge in [-0.1, -0.05) is 12.0 Å². The lowest BCUT2D eigenvalue weighted by Gasteiger charge is -2.28. The number of hydrogen-bond acceptors (Lipinski definition) is 7. The van der Waals surface area contributed by atoms with E-state index in [1.807, 2.05) is 35.1 Å². The Labute approximate surface area is 179 Å². The van der Waals surface area contributed by atoms with Gasteiger partial charge >= 0.3 is 0 Å². The predicted octanol–water partition coefficient (Wildman–Crippen LogP) is 2.03. The van der Waals surface area contributed by atoms with Gasteiger partial charge in [-0.25, -0.2) is 0 Å². The highest BCUT2D eigenvalue weighted by Crippen LogP contribution is 2.24. The maximum Gasteiger partial charge on any atom is 0.281 e. The Morgan fingerprint density at radius 1 is 1.27 bits per heavy atom. The fourth-order valence-electron chi connectivity index (χ4n) is 3.50. The zero-order chi connectivity index (χ0) is 21.1. The summed E-state index contributed by atoms with van der Waals surface area (Å²) < 4.78 is 3.43. The molecule has 0 radical (unpaired) electrons. The van der Waals surface area contributed by atoms with Crippen LogP contribution < -0.4 is 21.1 Å². The van der Waals surface area contributed by atoms with Crippen LogP contribution in [0.3, 0.4) is 0 Å². The molecule has 1 aromatic carbocycles. The highest BCUT2D eigenvalue weighted by atomic mass is 32.2. The molecule has 1 saturated heterocycles. The lowest BCUT2D eigenvalue weighted by Crippen LogP contribution is -2.44. The summed E-state index contributed by atoms with van der Waals surface area (Å²) in [5, 5.41) is 6.62. The summed E-state index contributed by atoms with van der Waals surface area (Å²) in [5.74, 6) is 7.20. The molecule has 156 valence electrons. The Balaban J connectivity index is 1.82. The normalized spacial score (nSPS) is 13.9. The van der Waals surface area contributed by atoms with Crippen LogP contribution in [0.1, 0.15) is 6.92 Å². The van der Waals surface area contributed by atoms with E-state index in [4.69, 9.17) is 9.97 Å². The standard InChI is InChI=1S/C21H25N7OS/c1-4-5-11-28-17-18(25-21(28)27-12-9-22-10-13-27)24-20(26(2)19(17)29)23-15-7-6-8-16(14-15)30-3/h6-8,14,22H,9-13H2,1-3H3,(H,23,24). The van der Waals surface area contributed by atoms with E-state index in [1.165, 1.54) is 4.57 Å². The van der Waals surface area contributed by atoms with E-state index in [9.17, 15) is 4.79 Å². The molecule has 1 aliphatic rings. The van der Waals surface area contributed by atoms with Gasteiger partial charge in [0.15, 0.2) is 11.2 Å². The quantitative estimate of drug-likeness (QED) is 0.480. The van der Waals surface area contributed by atoms with Crippen molar-refractivity contribution < 1.29 is 0 Å². The first-order valence-electron chi connectivity index (χ1n) is 9.86. The highest BCUT2D eigenvalue weighted by Gasteiger charge is 2.23. The summed E-state index contributed by atoms with van der Waals surface area (Å²) in [6.07, 6.45) is 2.03. The molecule has 0 unspecified atom stereocenters. The van der Waals surface area contributed by atoms with Crippen molar-refractivity contribution in [3.63, 3.8) is 0 Å². The average Bonchev–Trinajstić information content (AvgIpc) is 3.15. The molecule has 30 heavy (non-hydrogen) atoms. The van der Waals surface area contributed by atoms with Gasteiger partial charge in [-0.05, 0) is 31.4 Å². The number of rotatable bonds is 5. The van der Waals surface area contributed by atoms with Gasteiger partial charge in [0.05, 0.1) is 6.54 Å². The minimum Gasteiger partial charge on any atom is -0.340 e. The molecule has 8 nitrogen and oxygen atoms in total. The number of nitrogens with zero attached hydrogens (tertiary/aromatic N) is 5. The molecule has 0 amide bonds. The molecule has 0 atom stereocenters. The number of thioether (sulfide) groups is 1. The van der Waals surface area contributed by atoms with Crippen LogP contribution in [0.4, 0.5) is 17.6 Å². The smallest absolute Gasteiger partial charge is 0.281 e. The van der Waals surface area contributed by atoms with Crippen LogP contribution in [0.2, 0.25) is 0 Å². The maximum absolute atomic E-state index is 13.3. The molecule has 1 aliphatic heterocycles. The SMILES string of the molecule is CC#CCn1c(N2CCNCC2)nc2nc(Nc3cccc(SC)c3)n(C)c(=O)c21. The number of fused-ring (bicyclic) bond motifs is 1. The van der Waals surface area contributed by atoms with Crippen LogP contribution in [-0.4, -0.2) is 51.5 Å². The third-order valence-electron chi connectivity index (χ3n) is 5.11. The number of hydrogen-bond donors (Lipinski definition) is 2. The Morgan fingerprint density at radius 3 is 2.80 bits per heavy atom. The van der Waals surface area contributed by atoms with Crippen LogP contribution >= 0.6 is 11.8 Å². The first-order chi connectivity index (χ1) is 14.6. The van der Waals surface area contributed by atoms with Crippen LogP contribution in [0.15, 0.2) is 34.0 Å². The molecule has 0 aliphatic carbocycles. The topological polar surface area (TPSA) is 80.0 Å². The van der Waals surface area contributed by atoms with Gasteiger partial charge in [-0.15, -0.1) is 17.7 Å². The van der Waals surface area contributed by atoms with Crippen molar-refractivity contribution in [3.05, 3.63) is 34.6 Å². The Morgan fingerprint density at radius 2 is 2.07 bits per heavy atom. The first kappa shape index (κ1) is 20.3. The second-order valence-corrected chi connectivity index (χ2v) is 7.87. The predicted molar refractivity (Wildman–Crippen MR) is 123 cm³/mol. The van der Waals surface area contributed by atoms with Gasteiger partial charge in [0.1, 0.15) is 0 Å². The van der Waals surface area contributed by atoms with Gasteiger partial charge in [0.25, 0.3) is 5.56 Å². The summed E-state index contributed by atoms with van der Waals surface area (Å²) in [7, 11) is 1.73. The molecule has 2 aromatic heterocycles. The minimum absolute atomic E-state index is 0.143. The summed E-state index contributed by atoms with van der Waals surface area (Å²) in [5.41, 5.74) is 1.66. The fourth-order valence-corrected chi connectivity index (χ4v) is 3.96. The van der Waals surface area contributed by atoms with E-state index in [-0.39, 0.29) is 5.56 Å². The number of imidazole rings is 1. The summed E-state index contributed by atoms with van der Waals surface area (Å²) >= 11 is 1.66. The number of nitrogens with one attached hydrogen (secondary N) is 2. The van der Waals surface area contributed by atoms with E-state index in [0.29, 0.717) is 23.7 Å². The van der Waals surface area contributed by atoms with Gasteiger partial charge in [-0.3, -0.25) is 13.9 Å². The number of aromatic nitrogens is 4. The Hall–Kier alpha value is -2.96. The van der Waals surface area contributed by atoms with Gasteiger partial charge in [0, 0.05) is 43.8 Å². The molecule has 1 fully saturated rings. The molecule has 3 heterocycles. The van der Waals surface area contributed by atoms with Crippen molar-refractivity contribution in [1.29, 1.82) is 0 Å². The zero-order valence-corrected chi connectivity index (χ0v) is 18.2. The molecule has 0 saturated carbocycles. The minimum atomic E-state index is -0.143. The van der Waals surface area contributed by atoms with Crippen LogP contribution in [0.25, 0.3) is 11.2 Å². The number of anilines is 3. The van der Waals surface area contributed by atoms with Gasteiger partial charge < -0.3 is 15.5 Å². The van der Waals surface area contributed by atoms with E-state index < -0.39 is 0 Å². The number of benzene rings is 1. The van der Waals surface area contributed by atoms with E-state index >= 15 is 0 Å². The summed E-state index contributed by atoms with van der Waals surface area (Å²) in [6, 6.07) is 8.01.